The molecule has 0 aliphatic heterocycles. The van der Waals surface area contributed by atoms with E-state index in [1.807, 2.05) is 6.07 Å². The van der Waals surface area contributed by atoms with Gasteiger partial charge < -0.3 is 10.5 Å². The number of nitriles is 1. The summed E-state index contributed by atoms with van der Waals surface area (Å²) in [6.45, 7) is 0.0694. The third-order valence-electron chi connectivity index (χ3n) is 1.39. The van der Waals surface area contributed by atoms with Crippen LogP contribution in [0.1, 0.15) is 0 Å². The molecule has 0 aliphatic carbocycles. The molecule has 0 aliphatic rings. The minimum absolute atomic E-state index is 0.0694. The standard InChI is InChI=1S/C9H9FN2O/c10-7-2-1-3-9(4-7)13-6-8(12)5-11/h1-4,8H,6,12H2. The monoisotopic (exact) mass is 180 g/mol. The first-order valence-electron chi connectivity index (χ1n) is 3.76. The van der Waals surface area contributed by atoms with Crippen LogP contribution in [-0.4, -0.2) is 12.6 Å². The van der Waals surface area contributed by atoms with E-state index in [2.05, 4.69) is 0 Å². The van der Waals surface area contributed by atoms with Crippen molar-refractivity contribution in [3.63, 3.8) is 0 Å². The van der Waals surface area contributed by atoms with Crippen LogP contribution in [-0.2, 0) is 0 Å². The van der Waals surface area contributed by atoms with E-state index in [-0.39, 0.29) is 12.4 Å². The number of nitrogens with two attached hydrogens (primary N) is 1. The zero-order chi connectivity index (χ0) is 9.68. The fourth-order valence-corrected chi connectivity index (χ4v) is 0.780. The molecule has 4 heteroatoms. The molecule has 1 atom stereocenters. The molecule has 68 valence electrons. The van der Waals surface area contributed by atoms with E-state index >= 15 is 0 Å². The highest BCUT2D eigenvalue weighted by Gasteiger charge is 2.01. The summed E-state index contributed by atoms with van der Waals surface area (Å²) >= 11 is 0. The Bertz CT molecular complexity index is 322. The number of nitrogens with zero attached hydrogens (tertiary/aromatic N) is 1. The zero-order valence-electron chi connectivity index (χ0n) is 6.90. The normalized spacial score (nSPS) is 11.8. The molecule has 2 N–H and O–H groups in total. The Balaban J connectivity index is 2.51. The van der Waals surface area contributed by atoms with Crippen LogP contribution in [0.4, 0.5) is 4.39 Å². The predicted octanol–water partition coefficient (Wildman–Crippen LogP) is 1.06. The number of rotatable bonds is 3. The van der Waals surface area contributed by atoms with Crippen LogP contribution >= 0.6 is 0 Å². The zero-order valence-corrected chi connectivity index (χ0v) is 6.90. The van der Waals surface area contributed by atoms with Crippen LogP contribution in [0.5, 0.6) is 5.75 Å². The molecule has 1 aromatic rings. The van der Waals surface area contributed by atoms with Crippen LogP contribution in [0, 0.1) is 17.1 Å². The van der Waals surface area contributed by atoms with Crippen LogP contribution in [0.3, 0.4) is 0 Å². The highest BCUT2D eigenvalue weighted by atomic mass is 19.1. The smallest absolute Gasteiger partial charge is 0.127 e. The van der Waals surface area contributed by atoms with Gasteiger partial charge >= 0.3 is 0 Å². The summed E-state index contributed by atoms with van der Waals surface area (Å²) in [6.07, 6.45) is 0. The number of halogens is 1. The van der Waals surface area contributed by atoms with Crippen molar-refractivity contribution < 1.29 is 9.13 Å². The van der Waals surface area contributed by atoms with Crippen LogP contribution in [0.15, 0.2) is 24.3 Å². The molecule has 1 unspecified atom stereocenters. The topological polar surface area (TPSA) is 59.0 Å². The molecule has 0 saturated heterocycles. The molecule has 1 aromatic carbocycles. The van der Waals surface area contributed by atoms with Crippen molar-refractivity contribution in [2.45, 2.75) is 6.04 Å². The van der Waals surface area contributed by atoms with Crippen molar-refractivity contribution in [1.29, 1.82) is 5.26 Å². The first kappa shape index (κ1) is 9.49. The number of benzene rings is 1. The van der Waals surface area contributed by atoms with Crippen molar-refractivity contribution in [2.75, 3.05) is 6.61 Å². The van der Waals surface area contributed by atoms with Gasteiger partial charge in [0.15, 0.2) is 0 Å². The highest BCUT2D eigenvalue weighted by molar-refractivity contribution is 5.22. The summed E-state index contributed by atoms with van der Waals surface area (Å²) in [5, 5.41) is 8.34. The predicted molar refractivity (Wildman–Crippen MR) is 45.5 cm³/mol. The maximum atomic E-state index is 12.6. The maximum absolute atomic E-state index is 12.6. The fraction of sp³-hybridized carbons (Fsp3) is 0.222. The highest BCUT2D eigenvalue weighted by Crippen LogP contribution is 2.11. The van der Waals surface area contributed by atoms with Crippen molar-refractivity contribution in [2.24, 2.45) is 5.73 Å². The van der Waals surface area contributed by atoms with E-state index in [4.69, 9.17) is 15.7 Å². The molecule has 0 saturated carbocycles. The van der Waals surface area contributed by atoms with E-state index < -0.39 is 6.04 Å². The summed E-state index contributed by atoms with van der Waals surface area (Å²) in [5.41, 5.74) is 5.28. The average Bonchev–Trinajstić information content (AvgIpc) is 2.14. The van der Waals surface area contributed by atoms with E-state index in [1.165, 1.54) is 18.2 Å². The second-order valence-corrected chi connectivity index (χ2v) is 2.50. The van der Waals surface area contributed by atoms with Crippen molar-refractivity contribution in [3.8, 4) is 11.8 Å². The lowest BCUT2D eigenvalue weighted by Gasteiger charge is -2.06. The molecule has 0 bridgehead atoms. The molecule has 3 nitrogen and oxygen atoms in total. The number of hydrogen-bond donors (Lipinski definition) is 1. The van der Waals surface area contributed by atoms with E-state index in [9.17, 15) is 4.39 Å². The van der Waals surface area contributed by atoms with Gasteiger partial charge in [0.25, 0.3) is 0 Å². The number of hydrogen-bond acceptors (Lipinski definition) is 3. The van der Waals surface area contributed by atoms with Gasteiger partial charge in [-0.25, -0.2) is 4.39 Å². The maximum Gasteiger partial charge on any atom is 0.127 e. The lowest BCUT2D eigenvalue weighted by atomic mass is 10.3. The van der Waals surface area contributed by atoms with Crippen LogP contribution in [0.25, 0.3) is 0 Å². The van der Waals surface area contributed by atoms with Crippen LogP contribution in [0.2, 0.25) is 0 Å². The molecule has 1 rings (SSSR count). The molecule has 0 aromatic heterocycles. The Morgan fingerprint density at radius 3 is 3.00 bits per heavy atom. The lowest BCUT2D eigenvalue weighted by molar-refractivity contribution is 0.307. The fourth-order valence-electron chi connectivity index (χ4n) is 0.780. The number of ether oxygens (including phenoxy) is 1. The lowest BCUT2D eigenvalue weighted by Crippen LogP contribution is -2.25. The average molecular weight is 180 g/mol. The summed E-state index contributed by atoms with van der Waals surface area (Å²) in [6, 6.07) is 6.82. The van der Waals surface area contributed by atoms with Gasteiger partial charge in [-0.15, -0.1) is 0 Å². The Labute approximate surface area is 75.5 Å². The van der Waals surface area contributed by atoms with Gasteiger partial charge in [0.2, 0.25) is 0 Å². The van der Waals surface area contributed by atoms with Crippen molar-refractivity contribution in [1.82, 2.24) is 0 Å². The summed E-state index contributed by atoms with van der Waals surface area (Å²) in [7, 11) is 0. The molecule has 0 radical (unpaired) electrons. The first-order valence-corrected chi connectivity index (χ1v) is 3.76. The Hall–Kier alpha value is -1.60. The van der Waals surface area contributed by atoms with Gasteiger partial charge in [-0.1, -0.05) is 6.07 Å². The molecule has 13 heavy (non-hydrogen) atoms. The Kier molecular flexibility index (Phi) is 3.23. The first-order chi connectivity index (χ1) is 6.22. The SMILES string of the molecule is N#CC(N)COc1cccc(F)c1. The van der Waals surface area contributed by atoms with Gasteiger partial charge in [-0.05, 0) is 12.1 Å². The van der Waals surface area contributed by atoms with Gasteiger partial charge in [-0.3, -0.25) is 0 Å². The summed E-state index contributed by atoms with van der Waals surface area (Å²) in [4.78, 5) is 0. The second kappa shape index (κ2) is 4.43. The van der Waals surface area contributed by atoms with Gasteiger partial charge in [0.1, 0.15) is 24.2 Å². The van der Waals surface area contributed by atoms with Crippen LogP contribution < -0.4 is 10.5 Å². The van der Waals surface area contributed by atoms with Crippen molar-refractivity contribution >= 4 is 0 Å². The summed E-state index contributed by atoms with van der Waals surface area (Å²) in [5.74, 6) is 0.00808. The molecule has 0 amide bonds. The van der Waals surface area contributed by atoms with E-state index in [0.29, 0.717) is 5.75 Å². The van der Waals surface area contributed by atoms with Gasteiger partial charge in [-0.2, -0.15) is 5.26 Å². The third-order valence-corrected chi connectivity index (χ3v) is 1.39. The minimum Gasteiger partial charge on any atom is -0.491 e. The van der Waals surface area contributed by atoms with Gasteiger partial charge in [0, 0.05) is 6.07 Å². The molecule has 0 heterocycles. The van der Waals surface area contributed by atoms with Crippen molar-refractivity contribution in [3.05, 3.63) is 30.1 Å². The van der Waals surface area contributed by atoms with E-state index in [0.717, 1.165) is 0 Å². The van der Waals surface area contributed by atoms with Gasteiger partial charge in [0.05, 0.1) is 6.07 Å². The van der Waals surface area contributed by atoms with E-state index in [1.54, 1.807) is 6.07 Å². The summed E-state index contributed by atoms with van der Waals surface area (Å²) < 4.78 is 17.6. The molecular formula is C9H9FN2O. The molecule has 0 fully saturated rings. The Morgan fingerprint density at radius 1 is 1.62 bits per heavy atom. The molecule has 0 spiro atoms. The second-order valence-electron chi connectivity index (χ2n) is 2.50. The third kappa shape index (κ3) is 3.09. The largest absolute Gasteiger partial charge is 0.491 e. The Morgan fingerprint density at radius 2 is 2.38 bits per heavy atom. The minimum atomic E-state index is -0.678. The molecular weight excluding hydrogens is 171 g/mol. The quantitative estimate of drug-likeness (QED) is 0.756.